The normalized spacial score (nSPS) is 13.0. The van der Waals surface area contributed by atoms with E-state index in [0.717, 1.165) is 4.31 Å². The molecule has 0 saturated heterocycles. The van der Waals surface area contributed by atoms with Crippen LogP contribution >= 0.6 is 23.2 Å². The maximum absolute atomic E-state index is 12.6. The van der Waals surface area contributed by atoms with Crippen molar-refractivity contribution in [1.82, 2.24) is 4.31 Å². The second kappa shape index (κ2) is 7.53. The van der Waals surface area contributed by atoms with E-state index in [4.69, 9.17) is 23.2 Å². The molecule has 2 rings (SSSR count). The Hall–Kier alpha value is -1.60. The van der Waals surface area contributed by atoms with Crippen molar-refractivity contribution < 1.29 is 18.3 Å². The van der Waals surface area contributed by atoms with Crippen molar-refractivity contribution in [3.05, 3.63) is 64.1 Å². The van der Waals surface area contributed by atoms with Crippen LogP contribution in [0.1, 0.15) is 5.56 Å². The molecule has 0 bridgehead atoms. The summed E-state index contributed by atoms with van der Waals surface area (Å²) in [6.07, 6.45) is -0.0999. The zero-order valence-corrected chi connectivity index (χ0v) is 15.0. The molecule has 24 heavy (non-hydrogen) atoms. The molecule has 0 radical (unpaired) electrons. The third-order valence-electron chi connectivity index (χ3n) is 3.59. The fraction of sp³-hybridized carbons (Fsp3) is 0.188. The van der Waals surface area contributed by atoms with Gasteiger partial charge in [-0.05, 0) is 23.8 Å². The summed E-state index contributed by atoms with van der Waals surface area (Å²) < 4.78 is 26.1. The Morgan fingerprint density at radius 3 is 2.33 bits per heavy atom. The van der Waals surface area contributed by atoms with E-state index in [9.17, 15) is 18.3 Å². The summed E-state index contributed by atoms with van der Waals surface area (Å²) in [6, 6.07) is 11.2. The molecule has 0 heterocycles. The van der Waals surface area contributed by atoms with Crippen LogP contribution in [0.25, 0.3) is 0 Å². The number of sulfonamides is 1. The first kappa shape index (κ1) is 18.7. The van der Waals surface area contributed by atoms with Crippen LogP contribution in [0, 0.1) is 0 Å². The van der Waals surface area contributed by atoms with Gasteiger partial charge in [0.2, 0.25) is 10.0 Å². The van der Waals surface area contributed by atoms with E-state index in [1.54, 1.807) is 36.4 Å². The molecule has 1 N–H and O–H groups in total. The molecule has 0 saturated carbocycles. The van der Waals surface area contributed by atoms with Crippen molar-refractivity contribution in [2.24, 2.45) is 0 Å². The van der Waals surface area contributed by atoms with Gasteiger partial charge in [0.1, 0.15) is 6.04 Å². The van der Waals surface area contributed by atoms with Gasteiger partial charge in [-0.3, -0.25) is 4.79 Å². The average Bonchev–Trinajstić information content (AvgIpc) is 2.56. The molecule has 0 spiro atoms. The third kappa shape index (κ3) is 3.89. The number of hydrogen-bond acceptors (Lipinski definition) is 3. The van der Waals surface area contributed by atoms with Gasteiger partial charge in [0.25, 0.3) is 0 Å². The van der Waals surface area contributed by atoms with Gasteiger partial charge in [-0.15, -0.1) is 0 Å². The second-order valence-corrected chi connectivity index (χ2v) is 7.89. The fourth-order valence-corrected chi connectivity index (χ4v) is 3.94. The predicted molar refractivity (Wildman–Crippen MR) is 93.0 cm³/mol. The summed E-state index contributed by atoms with van der Waals surface area (Å²) in [6.45, 7) is 0. The van der Waals surface area contributed by atoms with Crippen LogP contribution in [0.5, 0.6) is 0 Å². The predicted octanol–water partition coefficient (Wildman–Crippen LogP) is 3.31. The summed E-state index contributed by atoms with van der Waals surface area (Å²) in [5.74, 6) is -1.27. The summed E-state index contributed by atoms with van der Waals surface area (Å²) in [5.41, 5.74) is 0.465. The molecule has 2 aromatic rings. The average molecular weight is 388 g/mol. The highest BCUT2D eigenvalue weighted by Gasteiger charge is 2.33. The molecular weight excluding hydrogens is 373 g/mol. The number of hydrogen-bond donors (Lipinski definition) is 1. The van der Waals surface area contributed by atoms with Crippen molar-refractivity contribution in [1.29, 1.82) is 0 Å². The van der Waals surface area contributed by atoms with E-state index in [2.05, 4.69) is 0 Å². The molecule has 0 aromatic heterocycles. The molecule has 8 heteroatoms. The van der Waals surface area contributed by atoms with Gasteiger partial charge >= 0.3 is 5.97 Å². The van der Waals surface area contributed by atoms with Crippen LogP contribution in [0.2, 0.25) is 10.0 Å². The van der Waals surface area contributed by atoms with Gasteiger partial charge in [0, 0.05) is 13.5 Å². The summed E-state index contributed by atoms with van der Waals surface area (Å²) in [7, 11) is -2.71. The fourth-order valence-electron chi connectivity index (χ4n) is 2.21. The van der Waals surface area contributed by atoms with Gasteiger partial charge in [0.05, 0.1) is 14.9 Å². The highest BCUT2D eigenvalue weighted by atomic mass is 35.5. The van der Waals surface area contributed by atoms with Crippen LogP contribution in [0.4, 0.5) is 0 Å². The number of aliphatic carboxylic acids is 1. The van der Waals surface area contributed by atoms with Crippen molar-refractivity contribution >= 4 is 39.2 Å². The van der Waals surface area contributed by atoms with E-state index in [1.807, 2.05) is 0 Å². The standard InChI is InChI=1S/C16H15Cl2NO4S/c1-19(24(22,23)12-7-3-2-4-8-12)14(16(20)21)10-11-6-5-9-13(17)15(11)18/h2-9,14H,10H2,1H3,(H,20,21)/t14-/m0/s1. The van der Waals surface area contributed by atoms with Gasteiger partial charge < -0.3 is 5.11 Å². The molecule has 0 amide bonds. The Morgan fingerprint density at radius 2 is 1.75 bits per heavy atom. The molecule has 5 nitrogen and oxygen atoms in total. The lowest BCUT2D eigenvalue weighted by Gasteiger charge is -2.24. The molecule has 0 aliphatic carbocycles. The first-order valence-electron chi connectivity index (χ1n) is 6.94. The topological polar surface area (TPSA) is 74.7 Å². The lowest BCUT2D eigenvalue weighted by molar-refractivity contribution is -0.141. The van der Waals surface area contributed by atoms with Gasteiger partial charge in [-0.2, -0.15) is 4.31 Å². The van der Waals surface area contributed by atoms with Crippen LogP contribution in [-0.4, -0.2) is 36.9 Å². The lowest BCUT2D eigenvalue weighted by Crippen LogP contribution is -2.43. The van der Waals surface area contributed by atoms with Crippen LogP contribution < -0.4 is 0 Å². The van der Waals surface area contributed by atoms with E-state index >= 15 is 0 Å². The van der Waals surface area contributed by atoms with E-state index in [-0.39, 0.29) is 21.4 Å². The number of halogens is 2. The Morgan fingerprint density at radius 1 is 1.12 bits per heavy atom. The number of carboxylic acid groups (broad SMARTS) is 1. The molecule has 2 aromatic carbocycles. The molecule has 0 unspecified atom stereocenters. The maximum atomic E-state index is 12.6. The summed E-state index contributed by atoms with van der Waals surface area (Å²) >= 11 is 12.0. The third-order valence-corrected chi connectivity index (χ3v) is 6.33. The highest BCUT2D eigenvalue weighted by molar-refractivity contribution is 7.89. The highest BCUT2D eigenvalue weighted by Crippen LogP contribution is 2.28. The Bertz CT molecular complexity index is 840. The Balaban J connectivity index is 2.37. The Kier molecular flexibility index (Phi) is 5.87. The minimum Gasteiger partial charge on any atom is -0.480 e. The van der Waals surface area contributed by atoms with Gasteiger partial charge in [-0.25, -0.2) is 8.42 Å². The summed E-state index contributed by atoms with van der Waals surface area (Å²) in [4.78, 5) is 11.7. The smallest absolute Gasteiger partial charge is 0.322 e. The minimum absolute atomic E-state index is 0.0240. The van der Waals surface area contributed by atoms with Crippen molar-refractivity contribution in [3.63, 3.8) is 0 Å². The van der Waals surface area contributed by atoms with E-state index in [1.165, 1.54) is 19.2 Å². The Labute approximate surface area is 150 Å². The SMILES string of the molecule is CN([C@@H](Cc1cccc(Cl)c1Cl)C(=O)O)S(=O)(=O)c1ccccc1. The van der Waals surface area contributed by atoms with Crippen LogP contribution in [0.3, 0.4) is 0 Å². The number of carboxylic acids is 1. The van der Waals surface area contributed by atoms with Crippen molar-refractivity contribution in [2.75, 3.05) is 7.05 Å². The van der Waals surface area contributed by atoms with E-state index in [0.29, 0.717) is 5.56 Å². The number of rotatable bonds is 6. The minimum atomic E-state index is -3.95. The molecule has 0 aliphatic rings. The molecule has 1 atom stereocenters. The molecule has 0 aliphatic heterocycles. The zero-order chi connectivity index (χ0) is 17.9. The van der Waals surface area contributed by atoms with Crippen molar-refractivity contribution in [2.45, 2.75) is 17.4 Å². The number of nitrogens with zero attached hydrogens (tertiary/aromatic N) is 1. The first-order chi connectivity index (χ1) is 11.2. The molecule has 0 fully saturated rings. The zero-order valence-electron chi connectivity index (χ0n) is 12.7. The number of benzene rings is 2. The quantitative estimate of drug-likeness (QED) is 0.824. The van der Waals surface area contributed by atoms with Gasteiger partial charge in [-0.1, -0.05) is 53.5 Å². The lowest BCUT2D eigenvalue weighted by atomic mass is 10.1. The van der Waals surface area contributed by atoms with Crippen molar-refractivity contribution in [3.8, 4) is 0 Å². The first-order valence-corrected chi connectivity index (χ1v) is 9.13. The molecule has 128 valence electrons. The monoisotopic (exact) mass is 387 g/mol. The van der Waals surface area contributed by atoms with Crippen LogP contribution in [-0.2, 0) is 21.2 Å². The number of carbonyl (C=O) groups is 1. The summed E-state index contributed by atoms with van der Waals surface area (Å²) in [5, 5.41) is 10.00. The van der Waals surface area contributed by atoms with E-state index < -0.39 is 22.0 Å². The number of likely N-dealkylation sites (N-methyl/N-ethyl adjacent to an activating group) is 1. The molecular formula is C16H15Cl2NO4S. The van der Waals surface area contributed by atoms with Gasteiger partial charge in [0.15, 0.2) is 0 Å². The second-order valence-electron chi connectivity index (χ2n) is 5.11. The largest absolute Gasteiger partial charge is 0.480 e. The maximum Gasteiger partial charge on any atom is 0.322 e. The van der Waals surface area contributed by atoms with Crippen LogP contribution in [0.15, 0.2) is 53.4 Å².